The minimum absolute atomic E-state index is 0.307. The third kappa shape index (κ3) is 2.92. The SMILES string of the molecule is CC(NCc1csc(N(C)C2CC2)n1)c1nc2c(s1)CCC2. The molecule has 0 radical (unpaired) electrons. The molecular formula is C16H22N4S2. The average Bonchev–Trinajstić information content (AvgIpc) is 2.93. The summed E-state index contributed by atoms with van der Waals surface area (Å²) < 4.78 is 0. The van der Waals surface area contributed by atoms with E-state index in [1.54, 1.807) is 11.3 Å². The van der Waals surface area contributed by atoms with E-state index < -0.39 is 0 Å². The fourth-order valence-electron chi connectivity index (χ4n) is 2.90. The number of nitrogens with zero attached hydrogens (tertiary/aromatic N) is 3. The molecule has 118 valence electrons. The number of aromatic nitrogens is 2. The Morgan fingerprint density at radius 3 is 3.00 bits per heavy atom. The van der Waals surface area contributed by atoms with Crippen molar-refractivity contribution in [2.75, 3.05) is 11.9 Å². The Morgan fingerprint density at radius 1 is 1.36 bits per heavy atom. The smallest absolute Gasteiger partial charge is 0.185 e. The predicted octanol–water partition coefficient (Wildman–Crippen LogP) is 3.54. The minimum atomic E-state index is 0.307. The predicted molar refractivity (Wildman–Crippen MR) is 92.9 cm³/mol. The number of aryl methyl sites for hydroxylation is 2. The van der Waals surface area contributed by atoms with E-state index in [-0.39, 0.29) is 0 Å². The van der Waals surface area contributed by atoms with Crippen LogP contribution in [0.5, 0.6) is 0 Å². The molecule has 2 aliphatic rings. The second-order valence-electron chi connectivity index (χ2n) is 6.34. The lowest BCUT2D eigenvalue weighted by atomic mass is 10.3. The van der Waals surface area contributed by atoms with Crippen molar-refractivity contribution < 1.29 is 0 Å². The lowest BCUT2D eigenvalue weighted by Crippen LogP contribution is -2.20. The van der Waals surface area contributed by atoms with Gasteiger partial charge in [0.1, 0.15) is 5.01 Å². The topological polar surface area (TPSA) is 41.0 Å². The number of anilines is 1. The molecule has 0 bridgehead atoms. The molecule has 2 aromatic rings. The van der Waals surface area contributed by atoms with Gasteiger partial charge in [0.15, 0.2) is 5.13 Å². The molecule has 1 saturated carbocycles. The van der Waals surface area contributed by atoms with Gasteiger partial charge in [0, 0.05) is 29.9 Å². The molecule has 0 spiro atoms. The number of nitrogens with one attached hydrogen (secondary N) is 1. The average molecular weight is 335 g/mol. The van der Waals surface area contributed by atoms with Crippen LogP contribution in [-0.4, -0.2) is 23.1 Å². The fraction of sp³-hybridized carbons (Fsp3) is 0.625. The van der Waals surface area contributed by atoms with E-state index in [2.05, 4.69) is 29.6 Å². The first kappa shape index (κ1) is 14.6. The van der Waals surface area contributed by atoms with E-state index in [9.17, 15) is 0 Å². The van der Waals surface area contributed by atoms with E-state index in [1.807, 2.05) is 11.3 Å². The number of rotatable bonds is 6. The van der Waals surface area contributed by atoms with E-state index in [4.69, 9.17) is 9.97 Å². The largest absolute Gasteiger partial charge is 0.348 e. The van der Waals surface area contributed by atoms with Crippen LogP contribution in [-0.2, 0) is 19.4 Å². The third-order valence-electron chi connectivity index (χ3n) is 4.51. The molecule has 1 atom stereocenters. The van der Waals surface area contributed by atoms with Crippen LogP contribution in [0, 0.1) is 0 Å². The highest BCUT2D eigenvalue weighted by molar-refractivity contribution is 7.13. The number of thiazole rings is 2. The van der Waals surface area contributed by atoms with Crippen LogP contribution >= 0.6 is 22.7 Å². The second-order valence-corrected chi connectivity index (χ2v) is 8.29. The summed E-state index contributed by atoms with van der Waals surface area (Å²) in [5, 5.41) is 8.14. The van der Waals surface area contributed by atoms with Crippen LogP contribution < -0.4 is 10.2 Å². The zero-order valence-corrected chi connectivity index (χ0v) is 14.8. The summed E-state index contributed by atoms with van der Waals surface area (Å²) in [4.78, 5) is 13.4. The van der Waals surface area contributed by atoms with E-state index in [0.29, 0.717) is 6.04 Å². The highest BCUT2D eigenvalue weighted by Crippen LogP contribution is 2.32. The highest BCUT2D eigenvalue weighted by Gasteiger charge is 2.28. The fourth-order valence-corrected chi connectivity index (χ4v) is 4.94. The molecule has 0 saturated heterocycles. The van der Waals surface area contributed by atoms with E-state index >= 15 is 0 Å². The van der Waals surface area contributed by atoms with Crippen molar-refractivity contribution >= 4 is 27.8 Å². The summed E-state index contributed by atoms with van der Waals surface area (Å²) in [5.74, 6) is 0. The van der Waals surface area contributed by atoms with Gasteiger partial charge in [-0.3, -0.25) is 0 Å². The van der Waals surface area contributed by atoms with Gasteiger partial charge >= 0.3 is 0 Å². The van der Waals surface area contributed by atoms with Crippen LogP contribution in [0.25, 0.3) is 0 Å². The van der Waals surface area contributed by atoms with Crippen molar-refractivity contribution in [1.29, 1.82) is 0 Å². The first-order valence-electron chi connectivity index (χ1n) is 8.10. The molecule has 1 N–H and O–H groups in total. The molecule has 0 amide bonds. The normalized spacial score (nSPS) is 18.5. The minimum Gasteiger partial charge on any atom is -0.348 e. The van der Waals surface area contributed by atoms with Gasteiger partial charge in [0.2, 0.25) is 0 Å². The molecule has 4 rings (SSSR count). The van der Waals surface area contributed by atoms with Crippen LogP contribution in [0.1, 0.15) is 53.5 Å². The Bertz CT molecular complexity index is 637. The zero-order chi connectivity index (χ0) is 15.1. The van der Waals surface area contributed by atoms with Crippen molar-refractivity contribution in [3.05, 3.63) is 26.7 Å². The van der Waals surface area contributed by atoms with Crippen molar-refractivity contribution in [1.82, 2.24) is 15.3 Å². The molecule has 0 aromatic carbocycles. The molecule has 1 unspecified atom stereocenters. The van der Waals surface area contributed by atoms with Gasteiger partial charge in [0.25, 0.3) is 0 Å². The van der Waals surface area contributed by atoms with Crippen molar-refractivity contribution in [2.24, 2.45) is 0 Å². The number of hydrogen-bond acceptors (Lipinski definition) is 6. The van der Waals surface area contributed by atoms with Gasteiger partial charge in [-0.15, -0.1) is 22.7 Å². The summed E-state index contributed by atoms with van der Waals surface area (Å²) >= 11 is 3.64. The maximum atomic E-state index is 4.80. The molecule has 2 heterocycles. The first-order chi connectivity index (χ1) is 10.7. The Labute approximate surface area is 139 Å². The Kier molecular flexibility index (Phi) is 3.92. The maximum absolute atomic E-state index is 4.80. The van der Waals surface area contributed by atoms with Crippen molar-refractivity contribution in [3.8, 4) is 0 Å². The molecule has 4 nitrogen and oxygen atoms in total. The zero-order valence-electron chi connectivity index (χ0n) is 13.1. The second kappa shape index (κ2) is 5.91. The summed E-state index contributed by atoms with van der Waals surface area (Å²) in [7, 11) is 2.16. The standard InChI is InChI=1S/C16H22N4S2/c1-10(15-19-13-4-3-5-14(13)22-15)17-8-11-9-21-16(18-11)20(2)12-6-7-12/h9-10,12,17H,3-8H2,1-2H3. The van der Waals surface area contributed by atoms with Gasteiger partial charge in [-0.25, -0.2) is 9.97 Å². The summed E-state index contributed by atoms with van der Waals surface area (Å²) in [5.41, 5.74) is 2.49. The summed E-state index contributed by atoms with van der Waals surface area (Å²) in [6.45, 7) is 3.03. The van der Waals surface area contributed by atoms with Crippen molar-refractivity contribution in [2.45, 2.75) is 57.7 Å². The van der Waals surface area contributed by atoms with Crippen molar-refractivity contribution in [3.63, 3.8) is 0 Å². The quantitative estimate of drug-likeness (QED) is 0.877. The first-order valence-corrected chi connectivity index (χ1v) is 9.79. The number of hydrogen-bond donors (Lipinski definition) is 1. The Hall–Kier alpha value is -0.980. The van der Waals surface area contributed by atoms with Gasteiger partial charge in [-0.2, -0.15) is 0 Å². The van der Waals surface area contributed by atoms with Gasteiger partial charge in [-0.1, -0.05) is 0 Å². The lowest BCUT2D eigenvalue weighted by Gasteiger charge is -2.14. The highest BCUT2D eigenvalue weighted by atomic mass is 32.1. The van der Waals surface area contributed by atoms with Gasteiger partial charge in [-0.05, 0) is 39.0 Å². The molecular weight excluding hydrogens is 312 g/mol. The van der Waals surface area contributed by atoms with Gasteiger partial charge in [0.05, 0.1) is 17.4 Å². The Morgan fingerprint density at radius 2 is 2.23 bits per heavy atom. The Balaban J connectivity index is 1.35. The lowest BCUT2D eigenvalue weighted by molar-refractivity contribution is 0.565. The molecule has 22 heavy (non-hydrogen) atoms. The third-order valence-corrected chi connectivity index (χ3v) is 6.83. The van der Waals surface area contributed by atoms with Crippen LogP contribution in [0.15, 0.2) is 5.38 Å². The molecule has 6 heteroatoms. The molecule has 2 aliphatic carbocycles. The maximum Gasteiger partial charge on any atom is 0.185 e. The van der Waals surface area contributed by atoms with E-state index in [0.717, 1.165) is 23.4 Å². The molecule has 2 aromatic heterocycles. The summed E-state index contributed by atoms with van der Waals surface area (Å²) in [6.07, 6.45) is 6.31. The monoisotopic (exact) mass is 334 g/mol. The van der Waals surface area contributed by atoms with Crippen LogP contribution in [0.2, 0.25) is 0 Å². The van der Waals surface area contributed by atoms with Crippen LogP contribution in [0.3, 0.4) is 0 Å². The van der Waals surface area contributed by atoms with Gasteiger partial charge < -0.3 is 10.2 Å². The summed E-state index contributed by atoms with van der Waals surface area (Å²) in [6, 6.07) is 1.03. The molecule has 1 fully saturated rings. The molecule has 0 aliphatic heterocycles. The van der Waals surface area contributed by atoms with Crippen LogP contribution in [0.4, 0.5) is 5.13 Å². The van der Waals surface area contributed by atoms with E-state index in [1.165, 1.54) is 47.7 Å². The number of fused-ring (bicyclic) bond motifs is 1.